The van der Waals surface area contributed by atoms with Crippen molar-refractivity contribution in [3.8, 4) is 0 Å². The van der Waals surface area contributed by atoms with Crippen molar-refractivity contribution in [1.82, 2.24) is 9.91 Å². The SMILES string of the molecule is O=C(N1N=CCC1c1cc(F)cc(F)c1)C12CC(CN3CCOCC3)C(C1)C2. The molecule has 3 saturated carbocycles. The Kier molecular flexibility index (Phi) is 4.47. The molecule has 150 valence electrons. The number of amides is 1. The van der Waals surface area contributed by atoms with Gasteiger partial charge in [0.1, 0.15) is 11.6 Å². The molecule has 7 heteroatoms. The molecule has 0 aromatic heterocycles. The highest BCUT2D eigenvalue weighted by Crippen LogP contribution is 2.63. The van der Waals surface area contributed by atoms with Gasteiger partial charge in [-0.3, -0.25) is 9.69 Å². The molecule has 2 bridgehead atoms. The third-order valence-electron chi connectivity index (χ3n) is 6.98. The minimum Gasteiger partial charge on any atom is -0.379 e. The van der Waals surface area contributed by atoms with Crippen molar-refractivity contribution in [1.29, 1.82) is 0 Å². The smallest absolute Gasteiger partial charge is 0.249 e. The molecule has 0 N–H and O–H groups in total. The largest absolute Gasteiger partial charge is 0.379 e. The molecule has 1 aromatic carbocycles. The lowest BCUT2D eigenvalue weighted by Crippen LogP contribution is -2.45. The summed E-state index contributed by atoms with van der Waals surface area (Å²) in [6, 6.07) is 3.05. The summed E-state index contributed by atoms with van der Waals surface area (Å²) in [5.41, 5.74) is 0.131. The number of ether oxygens (including phenoxy) is 1. The number of hydrogen-bond acceptors (Lipinski definition) is 4. The third-order valence-corrected chi connectivity index (χ3v) is 6.98. The van der Waals surface area contributed by atoms with E-state index in [2.05, 4.69) is 10.0 Å². The average Bonchev–Trinajstić information content (AvgIpc) is 3.33. The average molecular weight is 389 g/mol. The highest BCUT2D eigenvalue weighted by molar-refractivity contribution is 5.86. The zero-order valence-corrected chi connectivity index (χ0v) is 15.8. The van der Waals surface area contributed by atoms with Gasteiger partial charge in [0, 0.05) is 38.3 Å². The Morgan fingerprint density at radius 1 is 1.14 bits per heavy atom. The van der Waals surface area contributed by atoms with E-state index in [1.165, 1.54) is 17.1 Å². The summed E-state index contributed by atoms with van der Waals surface area (Å²) in [7, 11) is 0. The van der Waals surface area contributed by atoms with Gasteiger partial charge >= 0.3 is 0 Å². The first kappa shape index (κ1) is 18.2. The first-order valence-electron chi connectivity index (χ1n) is 10.2. The van der Waals surface area contributed by atoms with E-state index >= 15 is 0 Å². The second kappa shape index (κ2) is 6.88. The van der Waals surface area contributed by atoms with Crippen LogP contribution in [0.4, 0.5) is 8.78 Å². The Morgan fingerprint density at radius 3 is 2.57 bits per heavy atom. The zero-order chi connectivity index (χ0) is 19.3. The number of morpholine rings is 1. The van der Waals surface area contributed by atoms with E-state index in [0.717, 1.165) is 58.2 Å². The van der Waals surface area contributed by atoms with Crippen molar-refractivity contribution in [2.75, 3.05) is 32.8 Å². The molecule has 6 rings (SSSR count). The maximum absolute atomic E-state index is 13.7. The predicted molar refractivity (Wildman–Crippen MR) is 99.6 cm³/mol. The number of carbonyl (C=O) groups is 1. The molecule has 5 nitrogen and oxygen atoms in total. The molecule has 5 aliphatic rings. The molecule has 2 heterocycles. The molecule has 4 fully saturated rings. The van der Waals surface area contributed by atoms with Gasteiger partial charge in [-0.15, -0.1) is 0 Å². The van der Waals surface area contributed by atoms with E-state index in [9.17, 15) is 13.6 Å². The lowest BCUT2D eigenvalue weighted by atomic mass is 9.68. The van der Waals surface area contributed by atoms with Crippen molar-refractivity contribution < 1.29 is 18.3 Å². The van der Waals surface area contributed by atoms with Gasteiger partial charge in [0.05, 0.1) is 24.7 Å². The highest BCUT2D eigenvalue weighted by Gasteiger charge is 2.61. The van der Waals surface area contributed by atoms with Gasteiger partial charge in [0.15, 0.2) is 0 Å². The van der Waals surface area contributed by atoms with E-state index in [4.69, 9.17) is 4.74 Å². The number of halogens is 2. The fourth-order valence-electron chi connectivity index (χ4n) is 5.60. The summed E-state index contributed by atoms with van der Waals surface area (Å²) in [4.78, 5) is 15.8. The minimum atomic E-state index is -0.623. The summed E-state index contributed by atoms with van der Waals surface area (Å²) >= 11 is 0. The number of fused-ring (bicyclic) bond motifs is 1. The van der Waals surface area contributed by atoms with Crippen molar-refractivity contribution in [2.24, 2.45) is 22.4 Å². The summed E-state index contributed by atoms with van der Waals surface area (Å²) < 4.78 is 32.8. The van der Waals surface area contributed by atoms with Gasteiger partial charge in [-0.2, -0.15) is 5.10 Å². The first-order valence-corrected chi connectivity index (χ1v) is 10.2. The second-order valence-electron chi connectivity index (χ2n) is 8.73. The number of nitrogens with zero attached hydrogens (tertiary/aromatic N) is 3. The Morgan fingerprint density at radius 2 is 1.86 bits per heavy atom. The molecule has 2 atom stereocenters. The normalized spacial score (nSPS) is 34.6. The molecule has 3 aliphatic carbocycles. The molecule has 0 radical (unpaired) electrons. The van der Waals surface area contributed by atoms with Crippen LogP contribution < -0.4 is 0 Å². The van der Waals surface area contributed by atoms with Crippen LogP contribution in [0.2, 0.25) is 0 Å². The number of carbonyl (C=O) groups excluding carboxylic acids is 1. The fourth-order valence-corrected chi connectivity index (χ4v) is 5.60. The molecule has 1 amide bonds. The van der Waals surface area contributed by atoms with Crippen LogP contribution in [0.1, 0.15) is 37.3 Å². The van der Waals surface area contributed by atoms with Crippen LogP contribution >= 0.6 is 0 Å². The topological polar surface area (TPSA) is 45.1 Å². The molecular formula is C21H25F2N3O2. The van der Waals surface area contributed by atoms with Gasteiger partial charge in [-0.05, 0) is 48.8 Å². The Balaban J connectivity index is 1.29. The zero-order valence-electron chi connectivity index (χ0n) is 15.8. The van der Waals surface area contributed by atoms with Crippen LogP contribution in [0.25, 0.3) is 0 Å². The van der Waals surface area contributed by atoms with E-state index in [0.29, 0.717) is 23.8 Å². The molecule has 2 aliphatic heterocycles. The molecule has 28 heavy (non-hydrogen) atoms. The van der Waals surface area contributed by atoms with Crippen LogP contribution in [0.3, 0.4) is 0 Å². The van der Waals surface area contributed by atoms with Crippen molar-refractivity contribution in [2.45, 2.75) is 31.7 Å². The molecule has 2 unspecified atom stereocenters. The summed E-state index contributed by atoms with van der Waals surface area (Å²) in [6.07, 6.45) is 4.89. The molecular weight excluding hydrogens is 364 g/mol. The number of hydrogen-bond donors (Lipinski definition) is 0. The Labute approximate surface area is 163 Å². The van der Waals surface area contributed by atoms with Crippen molar-refractivity contribution >= 4 is 12.1 Å². The maximum Gasteiger partial charge on any atom is 0.249 e. The third kappa shape index (κ3) is 3.05. The van der Waals surface area contributed by atoms with Gasteiger partial charge in [0.2, 0.25) is 5.91 Å². The first-order chi connectivity index (χ1) is 13.5. The number of hydrazone groups is 1. The monoisotopic (exact) mass is 389 g/mol. The molecule has 0 spiro atoms. The van der Waals surface area contributed by atoms with Crippen molar-refractivity contribution in [3.05, 3.63) is 35.4 Å². The molecule has 1 aromatic rings. The quantitative estimate of drug-likeness (QED) is 0.795. The molecule has 1 saturated heterocycles. The number of benzene rings is 1. The van der Waals surface area contributed by atoms with Crippen LogP contribution in [-0.4, -0.2) is 54.9 Å². The maximum atomic E-state index is 13.7. The van der Waals surface area contributed by atoms with E-state index < -0.39 is 17.7 Å². The Hall–Kier alpha value is -1.86. The van der Waals surface area contributed by atoms with Crippen LogP contribution in [0, 0.1) is 28.9 Å². The van der Waals surface area contributed by atoms with E-state index in [-0.39, 0.29) is 11.3 Å². The van der Waals surface area contributed by atoms with Crippen LogP contribution in [-0.2, 0) is 9.53 Å². The summed E-state index contributed by atoms with van der Waals surface area (Å²) in [6.45, 7) is 4.54. The van der Waals surface area contributed by atoms with E-state index in [1.807, 2.05) is 0 Å². The van der Waals surface area contributed by atoms with Gasteiger partial charge in [0.25, 0.3) is 0 Å². The van der Waals surface area contributed by atoms with Gasteiger partial charge < -0.3 is 4.74 Å². The standard InChI is InChI=1S/C21H25F2N3O2/c22-17-7-14(8-18(23)9-17)19-1-2-24-26(19)20(27)21-10-15(11-21)16(12-21)13-25-3-5-28-6-4-25/h2,7-9,15-16,19H,1,3-6,10-13H2. The predicted octanol–water partition coefficient (Wildman–Crippen LogP) is 2.97. The lowest BCUT2D eigenvalue weighted by molar-refractivity contribution is -0.148. The second-order valence-corrected chi connectivity index (χ2v) is 8.73. The van der Waals surface area contributed by atoms with Crippen LogP contribution in [0.15, 0.2) is 23.3 Å². The highest BCUT2D eigenvalue weighted by atomic mass is 19.1. The van der Waals surface area contributed by atoms with Gasteiger partial charge in [-0.25, -0.2) is 13.8 Å². The number of rotatable bonds is 4. The Bertz CT molecular complexity index is 783. The van der Waals surface area contributed by atoms with E-state index in [1.54, 1.807) is 6.21 Å². The summed E-state index contributed by atoms with van der Waals surface area (Å²) in [5.74, 6) is -0.0796. The minimum absolute atomic E-state index is 0.0247. The fraction of sp³-hybridized carbons (Fsp3) is 0.619. The van der Waals surface area contributed by atoms with Crippen LogP contribution in [0.5, 0.6) is 0 Å². The van der Waals surface area contributed by atoms with Crippen molar-refractivity contribution in [3.63, 3.8) is 0 Å². The lowest BCUT2D eigenvalue weighted by Gasteiger charge is -2.40. The van der Waals surface area contributed by atoms with Gasteiger partial charge in [-0.1, -0.05) is 0 Å². The summed E-state index contributed by atoms with van der Waals surface area (Å²) in [5, 5.41) is 5.78.